The van der Waals surface area contributed by atoms with Gasteiger partial charge in [0, 0.05) is 42.3 Å². The Morgan fingerprint density at radius 1 is 0.312 bits per heavy atom. The van der Waals surface area contributed by atoms with Crippen LogP contribution in [0, 0.1) is 0 Å². The summed E-state index contributed by atoms with van der Waals surface area (Å²) in [6, 6.07) is 68.0. The van der Waals surface area contributed by atoms with Crippen LogP contribution in [0.3, 0.4) is 0 Å². The van der Waals surface area contributed by atoms with Crippen LogP contribution < -0.4 is 4.90 Å². The van der Waals surface area contributed by atoms with Crippen molar-refractivity contribution < 1.29 is 0 Å². The number of fused-ring (bicyclic) bond motifs is 5. The fourth-order valence-electron chi connectivity index (χ4n) is 6.93. The van der Waals surface area contributed by atoms with Gasteiger partial charge in [0.15, 0.2) is 0 Å². The molecule has 0 N–H and O–H groups in total. The van der Waals surface area contributed by atoms with E-state index in [-0.39, 0.29) is 0 Å². The van der Waals surface area contributed by atoms with Gasteiger partial charge in [-0.05, 0) is 63.7 Å². The highest BCUT2D eigenvalue weighted by atomic mass is 32.1. The summed E-state index contributed by atoms with van der Waals surface area (Å²) in [7, 11) is 0. The third-order valence-corrected chi connectivity index (χ3v) is 10.6. The molecular weight excluding hydrogens is 599 g/mol. The maximum atomic E-state index is 2.43. The molecular formula is C46H31NS. The van der Waals surface area contributed by atoms with Crippen LogP contribution in [0.1, 0.15) is 0 Å². The molecule has 0 radical (unpaired) electrons. The number of thiophene rings is 1. The molecule has 0 amide bonds. The lowest BCUT2D eigenvalue weighted by Crippen LogP contribution is -2.10. The molecule has 1 aromatic heterocycles. The maximum absolute atomic E-state index is 2.43. The highest BCUT2D eigenvalue weighted by Gasteiger charge is 2.20. The number of benzene rings is 8. The van der Waals surface area contributed by atoms with Gasteiger partial charge in [-0.25, -0.2) is 0 Å². The first kappa shape index (κ1) is 28.3. The van der Waals surface area contributed by atoms with Crippen molar-refractivity contribution in [3.8, 4) is 33.4 Å². The van der Waals surface area contributed by atoms with Crippen LogP contribution in [0.15, 0.2) is 188 Å². The SMILES string of the molecule is c1ccc(-c2ccc(N(c3ccc(-c4ccccc4)cc3)c3cc4c5cccc(-c6ccccc6)c5sc4c4ccccc34)cc2)cc1. The van der Waals surface area contributed by atoms with E-state index in [0.29, 0.717) is 0 Å². The van der Waals surface area contributed by atoms with Gasteiger partial charge in [-0.1, -0.05) is 158 Å². The maximum Gasteiger partial charge on any atom is 0.0547 e. The quantitative estimate of drug-likeness (QED) is 0.177. The predicted molar refractivity (Wildman–Crippen MR) is 208 cm³/mol. The molecule has 0 fully saturated rings. The van der Waals surface area contributed by atoms with Crippen molar-refractivity contribution in [2.24, 2.45) is 0 Å². The first-order valence-electron chi connectivity index (χ1n) is 16.4. The summed E-state index contributed by atoms with van der Waals surface area (Å²) in [4.78, 5) is 2.43. The van der Waals surface area contributed by atoms with E-state index in [0.717, 1.165) is 11.4 Å². The number of hydrogen-bond donors (Lipinski definition) is 0. The molecule has 9 aromatic rings. The average molecular weight is 630 g/mol. The van der Waals surface area contributed by atoms with Crippen LogP contribution in [0.25, 0.3) is 64.3 Å². The summed E-state index contributed by atoms with van der Waals surface area (Å²) in [5, 5.41) is 5.09. The summed E-state index contributed by atoms with van der Waals surface area (Å²) < 4.78 is 2.65. The van der Waals surface area contributed by atoms with Gasteiger partial charge in [0.1, 0.15) is 0 Å². The number of anilines is 3. The lowest BCUT2D eigenvalue weighted by molar-refractivity contribution is 1.30. The number of rotatable bonds is 6. The second-order valence-corrected chi connectivity index (χ2v) is 13.2. The van der Waals surface area contributed by atoms with Crippen molar-refractivity contribution in [2.75, 3.05) is 4.90 Å². The average Bonchev–Trinajstić information content (AvgIpc) is 3.56. The first-order valence-corrected chi connectivity index (χ1v) is 17.2. The zero-order chi connectivity index (χ0) is 31.9. The minimum absolute atomic E-state index is 1.12. The normalized spacial score (nSPS) is 11.3. The predicted octanol–water partition coefficient (Wildman–Crippen LogP) is 13.7. The van der Waals surface area contributed by atoms with Crippen LogP contribution in [0.5, 0.6) is 0 Å². The van der Waals surface area contributed by atoms with E-state index < -0.39 is 0 Å². The summed E-state index contributed by atoms with van der Waals surface area (Å²) >= 11 is 1.91. The lowest BCUT2D eigenvalue weighted by Gasteiger charge is -2.27. The molecule has 0 saturated heterocycles. The Labute approximate surface area is 284 Å². The molecule has 0 spiro atoms. The zero-order valence-electron chi connectivity index (χ0n) is 26.3. The van der Waals surface area contributed by atoms with Gasteiger partial charge in [0.05, 0.1) is 5.69 Å². The number of nitrogens with zero attached hydrogens (tertiary/aromatic N) is 1. The molecule has 0 aliphatic heterocycles. The fourth-order valence-corrected chi connectivity index (χ4v) is 8.28. The van der Waals surface area contributed by atoms with Crippen LogP contribution >= 0.6 is 11.3 Å². The zero-order valence-corrected chi connectivity index (χ0v) is 27.1. The lowest BCUT2D eigenvalue weighted by atomic mass is 9.99. The molecule has 2 heteroatoms. The fraction of sp³-hybridized carbons (Fsp3) is 0. The van der Waals surface area contributed by atoms with Crippen molar-refractivity contribution in [3.05, 3.63) is 188 Å². The Morgan fingerprint density at radius 3 is 1.31 bits per heavy atom. The molecule has 0 aliphatic carbocycles. The van der Waals surface area contributed by atoms with Crippen molar-refractivity contribution >= 4 is 59.3 Å². The van der Waals surface area contributed by atoms with Crippen molar-refractivity contribution in [1.29, 1.82) is 0 Å². The summed E-state index contributed by atoms with van der Waals surface area (Å²) in [5.41, 5.74) is 10.8. The third kappa shape index (κ3) is 4.95. The van der Waals surface area contributed by atoms with E-state index in [1.165, 1.54) is 70.0 Å². The monoisotopic (exact) mass is 629 g/mol. The van der Waals surface area contributed by atoms with E-state index >= 15 is 0 Å². The van der Waals surface area contributed by atoms with Gasteiger partial charge in [-0.3, -0.25) is 0 Å². The van der Waals surface area contributed by atoms with Crippen molar-refractivity contribution in [1.82, 2.24) is 0 Å². The topological polar surface area (TPSA) is 3.24 Å². The standard InChI is InChI=1S/C46H31NS/c1-4-13-32(14-5-1)34-23-27-37(28-24-34)47(38-29-25-35(26-30-38)33-15-6-2-7-16-33)44-31-43-42-22-12-21-39(36-17-8-3-9-18-36)45(42)48-46(43)41-20-11-10-19-40(41)44/h1-31H. The Kier molecular flexibility index (Phi) is 7.07. The smallest absolute Gasteiger partial charge is 0.0547 e. The van der Waals surface area contributed by atoms with Crippen molar-refractivity contribution in [3.63, 3.8) is 0 Å². The molecule has 1 heterocycles. The Bertz CT molecular complexity index is 2430. The van der Waals surface area contributed by atoms with Gasteiger partial charge >= 0.3 is 0 Å². The van der Waals surface area contributed by atoms with E-state index in [9.17, 15) is 0 Å². The second-order valence-electron chi connectivity index (χ2n) is 12.1. The molecule has 0 aliphatic rings. The Hall–Kier alpha value is -5.96. The Morgan fingerprint density at radius 2 is 0.750 bits per heavy atom. The van der Waals surface area contributed by atoms with Gasteiger partial charge in [0.2, 0.25) is 0 Å². The van der Waals surface area contributed by atoms with Crippen LogP contribution in [-0.4, -0.2) is 0 Å². The van der Waals surface area contributed by atoms with Gasteiger partial charge in [0.25, 0.3) is 0 Å². The minimum atomic E-state index is 1.12. The number of hydrogen-bond acceptors (Lipinski definition) is 2. The Balaban J connectivity index is 1.28. The molecule has 0 atom stereocenters. The molecule has 0 bridgehead atoms. The molecule has 0 saturated carbocycles. The minimum Gasteiger partial charge on any atom is -0.310 e. The summed E-state index contributed by atoms with van der Waals surface area (Å²) in [6.45, 7) is 0. The molecule has 0 unspecified atom stereocenters. The van der Waals surface area contributed by atoms with Gasteiger partial charge < -0.3 is 4.90 Å². The van der Waals surface area contributed by atoms with Crippen LogP contribution in [-0.2, 0) is 0 Å². The van der Waals surface area contributed by atoms with E-state index in [1.807, 2.05) is 11.3 Å². The first-order chi connectivity index (χ1) is 23.8. The highest BCUT2D eigenvalue weighted by molar-refractivity contribution is 7.27. The highest BCUT2D eigenvalue weighted by Crippen LogP contribution is 2.48. The molecule has 226 valence electrons. The van der Waals surface area contributed by atoms with E-state index in [4.69, 9.17) is 0 Å². The summed E-state index contributed by atoms with van der Waals surface area (Å²) in [6.07, 6.45) is 0. The van der Waals surface area contributed by atoms with E-state index in [1.54, 1.807) is 0 Å². The third-order valence-electron chi connectivity index (χ3n) is 9.27. The summed E-state index contributed by atoms with van der Waals surface area (Å²) in [5.74, 6) is 0. The molecule has 9 rings (SSSR count). The molecule has 8 aromatic carbocycles. The van der Waals surface area contributed by atoms with Crippen LogP contribution in [0.2, 0.25) is 0 Å². The molecule has 1 nitrogen and oxygen atoms in total. The van der Waals surface area contributed by atoms with E-state index in [2.05, 4.69) is 193 Å². The largest absolute Gasteiger partial charge is 0.310 e. The van der Waals surface area contributed by atoms with Crippen LogP contribution in [0.4, 0.5) is 17.1 Å². The van der Waals surface area contributed by atoms with Gasteiger partial charge in [-0.15, -0.1) is 11.3 Å². The second kappa shape index (κ2) is 12.0. The van der Waals surface area contributed by atoms with Crippen molar-refractivity contribution in [2.45, 2.75) is 0 Å². The molecule has 48 heavy (non-hydrogen) atoms. The van der Waals surface area contributed by atoms with Gasteiger partial charge in [-0.2, -0.15) is 0 Å².